The first-order valence-electron chi connectivity index (χ1n) is 6.76. The molecule has 1 aromatic carbocycles. The molecule has 1 aliphatic heterocycles. The van der Waals surface area contributed by atoms with Crippen molar-refractivity contribution >= 4 is 11.3 Å². The molecule has 1 saturated heterocycles. The van der Waals surface area contributed by atoms with Gasteiger partial charge in [-0.2, -0.15) is 0 Å². The van der Waals surface area contributed by atoms with Gasteiger partial charge >= 0.3 is 0 Å². The minimum Gasteiger partial charge on any atom is -0.508 e. The third-order valence-electron chi connectivity index (χ3n) is 3.73. The van der Waals surface area contributed by atoms with Crippen LogP contribution in [0, 0.1) is 6.92 Å². The predicted octanol–water partition coefficient (Wildman–Crippen LogP) is 2.39. The second-order valence-electron chi connectivity index (χ2n) is 5.29. The first-order chi connectivity index (χ1) is 9.63. The fourth-order valence-electron chi connectivity index (χ4n) is 2.61. The highest BCUT2D eigenvalue weighted by molar-refractivity contribution is 7.13. The van der Waals surface area contributed by atoms with Crippen LogP contribution in [0.5, 0.6) is 5.75 Å². The Morgan fingerprint density at radius 1 is 1.45 bits per heavy atom. The van der Waals surface area contributed by atoms with Gasteiger partial charge < -0.3 is 10.2 Å². The fourth-order valence-corrected chi connectivity index (χ4v) is 3.42. The number of phenolic OH excluding ortho intramolecular Hbond substituents is 1. The summed E-state index contributed by atoms with van der Waals surface area (Å²) in [5.41, 5.74) is 4.73. The van der Waals surface area contributed by atoms with Crippen LogP contribution in [-0.4, -0.2) is 39.3 Å². The zero-order chi connectivity index (χ0) is 14.1. The fraction of sp³-hybridized carbons (Fsp3) is 0.400. The molecule has 0 amide bonds. The summed E-state index contributed by atoms with van der Waals surface area (Å²) >= 11 is 1.58. The number of β-amino-alcohol motifs (C(OH)–C–C–N with tert-alkyl or cyclic N) is 1. The van der Waals surface area contributed by atoms with E-state index in [0.29, 0.717) is 18.8 Å². The van der Waals surface area contributed by atoms with Gasteiger partial charge in [-0.3, -0.25) is 4.90 Å². The van der Waals surface area contributed by atoms with E-state index in [0.717, 1.165) is 34.7 Å². The highest BCUT2D eigenvalue weighted by Gasteiger charge is 2.21. The van der Waals surface area contributed by atoms with Gasteiger partial charge in [-0.1, -0.05) is 12.1 Å². The number of rotatable bonds is 3. The summed E-state index contributed by atoms with van der Waals surface area (Å²) in [4.78, 5) is 7.50. The summed E-state index contributed by atoms with van der Waals surface area (Å²) in [5, 5.41) is 19.7. The van der Waals surface area contributed by atoms with Crippen molar-refractivity contribution in [1.82, 2.24) is 9.88 Å². The van der Waals surface area contributed by atoms with Gasteiger partial charge in [0.1, 0.15) is 5.75 Å². The lowest BCUT2D eigenvalue weighted by Crippen LogP contribution is -2.21. The first kappa shape index (κ1) is 13.5. The molecule has 1 atom stereocenters. The normalized spacial score (nSPS) is 19.6. The van der Waals surface area contributed by atoms with Crippen molar-refractivity contribution in [2.45, 2.75) is 26.0 Å². The van der Waals surface area contributed by atoms with E-state index in [2.05, 4.69) is 9.88 Å². The van der Waals surface area contributed by atoms with Crippen molar-refractivity contribution in [2.24, 2.45) is 0 Å². The number of aromatic hydroxyl groups is 1. The lowest BCUT2D eigenvalue weighted by atomic mass is 10.1. The molecule has 2 heterocycles. The van der Waals surface area contributed by atoms with E-state index >= 15 is 0 Å². The predicted molar refractivity (Wildman–Crippen MR) is 79.9 cm³/mol. The molecule has 5 heteroatoms. The van der Waals surface area contributed by atoms with Crippen molar-refractivity contribution < 1.29 is 10.2 Å². The number of benzene rings is 1. The molecule has 0 spiro atoms. The van der Waals surface area contributed by atoms with E-state index < -0.39 is 0 Å². The van der Waals surface area contributed by atoms with Gasteiger partial charge in [-0.25, -0.2) is 4.98 Å². The minimum absolute atomic E-state index is 0.226. The number of aromatic nitrogens is 1. The number of likely N-dealkylation sites (tertiary alicyclic amines) is 1. The summed E-state index contributed by atoms with van der Waals surface area (Å²) in [6, 6.07) is 5.80. The Morgan fingerprint density at radius 3 is 2.90 bits per heavy atom. The molecule has 0 bridgehead atoms. The molecular formula is C15H18N2O2S. The van der Waals surface area contributed by atoms with E-state index in [-0.39, 0.29) is 6.10 Å². The van der Waals surface area contributed by atoms with E-state index in [4.69, 9.17) is 0 Å². The van der Waals surface area contributed by atoms with Gasteiger partial charge in [0.05, 0.1) is 22.2 Å². The lowest BCUT2D eigenvalue weighted by Gasteiger charge is -2.16. The summed E-state index contributed by atoms with van der Waals surface area (Å²) in [6.07, 6.45) is 0.593. The molecule has 0 aliphatic carbocycles. The summed E-state index contributed by atoms with van der Waals surface area (Å²) in [5.74, 6) is 0.316. The molecule has 1 aliphatic rings. The molecule has 1 fully saturated rings. The molecule has 2 N–H and O–H groups in total. The Balaban J connectivity index is 1.79. The average molecular weight is 290 g/mol. The van der Waals surface area contributed by atoms with Gasteiger partial charge in [0.2, 0.25) is 0 Å². The number of thiazole rings is 1. The van der Waals surface area contributed by atoms with Crippen molar-refractivity contribution in [2.75, 3.05) is 13.1 Å². The zero-order valence-corrected chi connectivity index (χ0v) is 12.2. The molecule has 3 rings (SSSR count). The first-order valence-corrected chi connectivity index (χ1v) is 7.64. The van der Waals surface area contributed by atoms with E-state index in [1.54, 1.807) is 11.3 Å². The smallest absolute Gasteiger partial charge is 0.120 e. The molecule has 4 nitrogen and oxygen atoms in total. The minimum atomic E-state index is -0.226. The molecular weight excluding hydrogens is 272 g/mol. The van der Waals surface area contributed by atoms with Crippen LogP contribution in [0.2, 0.25) is 0 Å². The molecule has 1 aromatic heterocycles. The van der Waals surface area contributed by atoms with E-state index in [9.17, 15) is 10.2 Å². The Labute approximate surface area is 122 Å². The maximum atomic E-state index is 10.2. The van der Waals surface area contributed by atoms with Crippen molar-refractivity contribution in [3.63, 3.8) is 0 Å². The Hall–Kier alpha value is -1.43. The number of nitrogens with zero attached hydrogens (tertiary/aromatic N) is 2. The average Bonchev–Trinajstić information content (AvgIpc) is 3.01. The third kappa shape index (κ3) is 2.70. The van der Waals surface area contributed by atoms with Crippen LogP contribution in [-0.2, 0) is 6.54 Å². The van der Waals surface area contributed by atoms with E-state index in [1.807, 2.05) is 30.6 Å². The van der Waals surface area contributed by atoms with Crippen LogP contribution >= 0.6 is 11.3 Å². The number of aliphatic hydroxyl groups excluding tert-OH is 1. The van der Waals surface area contributed by atoms with Crippen LogP contribution in [0.25, 0.3) is 10.4 Å². The Bertz CT molecular complexity index is 612. The van der Waals surface area contributed by atoms with Crippen LogP contribution in [0.3, 0.4) is 0 Å². The number of hydrogen-bond donors (Lipinski definition) is 2. The zero-order valence-electron chi connectivity index (χ0n) is 11.4. The summed E-state index contributed by atoms with van der Waals surface area (Å²) in [7, 11) is 0. The molecule has 0 radical (unpaired) electrons. The highest BCUT2D eigenvalue weighted by Crippen LogP contribution is 2.32. The van der Waals surface area contributed by atoms with Crippen molar-refractivity contribution in [3.8, 4) is 16.2 Å². The van der Waals surface area contributed by atoms with Crippen LogP contribution in [0.15, 0.2) is 23.7 Å². The second kappa shape index (κ2) is 5.52. The van der Waals surface area contributed by atoms with Crippen LogP contribution in [0.4, 0.5) is 0 Å². The quantitative estimate of drug-likeness (QED) is 0.911. The van der Waals surface area contributed by atoms with Gasteiger partial charge in [-0.05, 0) is 25.0 Å². The number of hydrogen-bond acceptors (Lipinski definition) is 5. The maximum Gasteiger partial charge on any atom is 0.120 e. The largest absolute Gasteiger partial charge is 0.508 e. The number of aryl methyl sites for hydroxylation is 1. The maximum absolute atomic E-state index is 10.2. The highest BCUT2D eigenvalue weighted by atomic mass is 32.1. The van der Waals surface area contributed by atoms with Gasteiger partial charge in [0.25, 0.3) is 0 Å². The number of phenols is 1. The van der Waals surface area contributed by atoms with Crippen LogP contribution in [0.1, 0.15) is 17.7 Å². The Kier molecular flexibility index (Phi) is 3.74. The Morgan fingerprint density at radius 2 is 2.30 bits per heavy atom. The lowest BCUT2D eigenvalue weighted by molar-refractivity contribution is 0.174. The molecule has 0 saturated carbocycles. The van der Waals surface area contributed by atoms with Crippen molar-refractivity contribution in [3.05, 3.63) is 35.0 Å². The van der Waals surface area contributed by atoms with Crippen molar-refractivity contribution in [1.29, 1.82) is 0 Å². The standard InChI is InChI=1S/C15H18N2O2S/c1-10-15(20-9-16-10)11-2-3-12(14(19)6-11)7-17-5-4-13(18)8-17/h2-3,6,9,13,18-19H,4-5,7-8H2,1H3. The second-order valence-corrected chi connectivity index (χ2v) is 6.14. The monoisotopic (exact) mass is 290 g/mol. The topological polar surface area (TPSA) is 56.6 Å². The van der Waals surface area contributed by atoms with Gasteiger partial charge in [0, 0.05) is 25.2 Å². The molecule has 2 aromatic rings. The van der Waals surface area contributed by atoms with Gasteiger partial charge in [0.15, 0.2) is 0 Å². The van der Waals surface area contributed by atoms with Crippen LogP contribution < -0.4 is 0 Å². The molecule has 106 valence electrons. The van der Waals surface area contributed by atoms with Gasteiger partial charge in [-0.15, -0.1) is 11.3 Å². The molecule has 20 heavy (non-hydrogen) atoms. The number of aliphatic hydroxyl groups is 1. The molecule has 1 unspecified atom stereocenters. The SMILES string of the molecule is Cc1ncsc1-c1ccc(CN2CCC(O)C2)c(O)c1. The third-order valence-corrected chi connectivity index (χ3v) is 4.71. The van der Waals surface area contributed by atoms with E-state index in [1.165, 1.54) is 0 Å². The summed E-state index contributed by atoms with van der Waals surface area (Å²) < 4.78 is 0. The summed E-state index contributed by atoms with van der Waals surface area (Å²) in [6.45, 7) is 4.23.